The van der Waals surface area contributed by atoms with E-state index in [1.165, 1.54) is 19.3 Å². The lowest BCUT2D eigenvalue weighted by molar-refractivity contribution is 0.415. The van der Waals surface area contributed by atoms with Crippen molar-refractivity contribution in [1.82, 2.24) is 9.55 Å². The summed E-state index contributed by atoms with van der Waals surface area (Å²) in [4.78, 5) is 4.43. The Bertz CT molecular complexity index is 572. The van der Waals surface area contributed by atoms with E-state index in [1.54, 1.807) is 7.11 Å². The minimum Gasteiger partial charge on any atom is -0.497 e. The second kappa shape index (κ2) is 4.19. The summed E-state index contributed by atoms with van der Waals surface area (Å²) in [5, 5.41) is 0. The molecule has 0 radical (unpaired) electrons. The summed E-state index contributed by atoms with van der Waals surface area (Å²) < 4.78 is 7.36. The fourth-order valence-electron chi connectivity index (χ4n) is 2.63. The Morgan fingerprint density at radius 3 is 2.94 bits per heavy atom. The topological polar surface area (TPSA) is 53.1 Å². The third-order valence-electron chi connectivity index (χ3n) is 3.74. The van der Waals surface area contributed by atoms with Crippen molar-refractivity contribution in [2.24, 2.45) is 5.92 Å². The van der Waals surface area contributed by atoms with E-state index >= 15 is 0 Å². The van der Waals surface area contributed by atoms with Gasteiger partial charge < -0.3 is 15.0 Å². The van der Waals surface area contributed by atoms with Crippen molar-refractivity contribution in [1.29, 1.82) is 0 Å². The lowest BCUT2D eigenvalue weighted by atomic mass is 10.1. The molecule has 18 heavy (non-hydrogen) atoms. The fourth-order valence-corrected chi connectivity index (χ4v) is 2.63. The van der Waals surface area contributed by atoms with Crippen molar-refractivity contribution in [3.05, 3.63) is 18.2 Å². The monoisotopic (exact) mass is 245 g/mol. The van der Waals surface area contributed by atoms with Crippen molar-refractivity contribution < 1.29 is 4.74 Å². The van der Waals surface area contributed by atoms with E-state index < -0.39 is 0 Å². The molecule has 1 atom stereocenters. The van der Waals surface area contributed by atoms with Crippen LogP contribution in [-0.2, 0) is 0 Å². The van der Waals surface area contributed by atoms with Crippen LogP contribution in [0.25, 0.3) is 11.0 Å². The molecule has 1 aliphatic rings. The number of nitrogens with zero attached hydrogens (tertiary/aromatic N) is 2. The first-order chi connectivity index (χ1) is 8.69. The highest BCUT2D eigenvalue weighted by molar-refractivity contribution is 5.80. The number of ether oxygens (including phenoxy) is 1. The van der Waals surface area contributed by atoms with Crippen LogP contribution in [0.5, 0.6) is 5.75 Å². The van der Waals surface area contributed by atoms with Gasteiger partial charge in [-0.2, -0.15) is 0 Å². The van der Waals surface area contributed by atoms with Crippen molar-refractivity contribution in [3.63, 3.8) is 0 Å². The lowest BCUT2D eigenvalue weighted by Crippen LogP contribution is -2.09. The zero-order valence-electron chi connectivity index (χ0n) is 10.9. The van der Waals surface area contributed by atoms with Crippen molar-refractivity contribution in [2.75, 3.05) is 12.8 Å². The second-order valence-corrected chi connectivity index (χ2v) is 5.22. The predicted molar refractivity (Wildman–Crippen MR) is 72.7 cm³/mol. The maximum Gasteiger partial charge on any atom is 0.201 e. The molecule has 1 unspecified atom stereocenters. The Morgan fingerprint density at radius 1 is 1.50 bits per heavy atom. The molecule has 0 aliphatic heterocycles. The van der Waals surface area contributed by atoms with Crippen LogP contribution < -0.4 is 10.5 Å². The molecule has 0 saturated heterocycles. The van der Waals surface area contributed by atoms with Crippen LogP contribution in [0, 0.1) is 5.92 Å². The van der Waals surface area contributed by atoms with Gasteiger partial charge in [0.2, 0.25) is 5.95 Å². The minimum atomic E-state index is 0.413. The van der Waals surface area contributed by atoms with Crippen LogP contribution in [0.1, 0.15) is 32.2 Å². The Morgan fingerprint density at radius 2 is 2.28 bits per heavy atom. The van der Waals surface area contributed by atoms with Gasteiger partial charge in [0.15, 0.2) is 0 Å². The zero-order chi connectivity index (χ0) is 12.7. The summed E-state index contributed by atoms with van der Waals surface area (Å²) in [6, 6.07) is 6.35. The first-order valence-electron chi connectivity index (χ1n) is 6.50. The number of nitrogens with two attached hydrogens (primary N) is 1. The van der Waals surface area contributed by atoms with Gasteiger partial charge in [0.05, 0.1) is 18.1 Å². The number of benzene rings is 1. The highest BCUT2D eigenvalue weighted by Crippen LogP contribution is 2.38. The molecule has 1 heterocycles. The Kier molecular flexibility index (Phi) is 2.65. The molecule has 1 saturated carbocycles. The molecular formula is C14H19N3O. The van der Waals surface area contributed by atoms with Gasteiger partial charge in [-0.3, -0.25) is 0 Å². The summed E-state index contributed by atoms with van der Waals surface area (Å²) in [5.41, 5.74) is 8.06. The number of anilines is 1. The molecule has 0 spiro atoms. The maximum atomic E-state index is 6.05. The normalized spacial score (nSPS) is 17.0. The SMILES string of the molecule is COc1ccc2c(c1)nc(N)n2C(C)CC1CC1. The standard InChI is InChI=1S/C14H19N3O/c1-9(7-10-3-4-10)17-13-6-5-11(18-2)8-12(13)16-14(17)15/h5-6,8-10H,3-4,7H2,1-2H3,(H2,15,16). The van der Waals surface area contributed by atoms with E-state index in [9.17, 15) is 0 Å². The number of aromatic nitrogens is 2. The number of nitrogen functional groups attached to an aromatic ring is 1. The van der Waals surface area contributed by atoms with E-state index in [0.29, 0.717) is 12.0 Å². The highest BCUT2D eigenvalue weighted by Gasteiger charge is 2.25. The molecule has 1 aromatic heterocycles. The third-order valence-corrected chi connectivity index (χ3v) is 3.74. The van der Waals surface area contributed by atoms with Gasteiger partial charge in [-0.1, -0.05) is 12.8 Å². The number of fused-ring (bicyclic) bond motifs is 1. The molecule has 1 fully saturated rings. The average molecular weight is 245 g/mol. The van der Waals surface area contributed by atoms with Gasteiger partial charge in [0, 0.05) is 12.1 Å². The fraction of sp³-hybridized carbons (Fsp3) is 0.500. The van der Waals surface area contributed by atoms with Crippen LogP contribution in [0.4, 0.5) is 5.95 Å². The molecule has 2 aromatic rings. The minimum absolute atomic E-state index is 0.413. The number of hydrogen-bond acceptors (Lipinski definition) is 3. The maximum absolute atomic E-state index is 6.05. The molecule has 0 bridgehead atoms. The van der Waals surface area contributed by atoms with Crippen LogP contribution in [0.15, 0.2) is 18.2 Å². The molecule has 1 aliphatic carbocycles. The third kappa shape index (κ3) is 1.92. The van der Waals surface area contributed by atoms with E-state index in [0.717, 1.165) is 22.7 Å². The smallest absolute Gasteiger partial charge is 0.201 e. The van der Waals surface area contributed by atoms with E-state index in [4.69, 9.17) is 10.5 Å². The first kappa shape index (κ1) is 11.4. The Hall–Kier alpha value is -1.71. The summed E-state index contributed by atoms with van der Waals surface area (Å²) in [5.74, 6) is 2.31. The molecule has 0 amide bonds. The van der Waals surface area contributed by atoms with Crippen LogP contribution in [0.2, 0.25) is 0 Å². The predicted octanol–water partition coefficient (Wildman–Crippen LogP) is 2.99. The van der Waals surface area contributed by atoms with Gasteiger partial charge in [-0.25, -0.2) is 4.98 Å². The summed E-state index contributed by atoms with van der Waals surface area (Å²) in [6.45, 7) is 2.22. The van der Waals surface area contributed by atoms with Crippen molar-refractivity contribution in [2.45, 2.75) is 32.2 Å². The van der Waals surface area contributed by atoms with Crippen molar-refractivity contribution in [3.8, 4) is 5.75 Å². The summed E-state index contributed by atoms with van der Waals surface area (Å²) in [6.07, 6.45) is 3.93. The van der Waals surface area contributed by atoms with E-state index in [1.807, 2.05) is 18.2 Å². The molecule has 4 heteroatoms. The van der Waals surface area contributed by atoms with Crippen LogP contribution in [0.3, 0.4) is 0 Å². The first-order valence-corrected chi connectivity index (χ1v) is 6.50. The Balaban J connectivity index is 2.01. The van der Waals surface area contributed by atoms with Crippen molar-refractivity contribution >= 4 is 17.0 Å². The molecular weight excluding hydrogens is 226 g/mol. The molecule has 3 rings (SSSR count). The molecule has 2 N–H and O–H groups in total. The van der Waals surface area contributed by atoms with Gasteiger partial charge in [-0.05, 0) is 31.4 Å². The van der Waals surface area contributed by atoms with E-state index in [-0.39, 0.29) is 0 Å². The lowest BCUT2D eigenvalue weighted by Gasteiger charge is -2.15. The van der Waals surface area contributed by atoms with Gasteiger partial charge >= 0.3 is 0 Å². The van der Waals surface area contributed by atoms with Crippen LogP contribution in [-0.4, -0.2) is 16.7 Å². The summed E-state index contributed by atoms with van der Waals surface area (Å²) >= 11 is 0. The van der Waals surface area contributed by atoms with Gasteiger partial charge in [0.25, 0.3) is 0 Å². The number of rotatable bonds is 4. The van der Waals surface area contributed by atoms with E-state index in [2.05, 4.69) is 16.5 Å². The Labute approximate surface area is 107 Å². The summed E-state index contributed by atoms with van der Waals surface area (Å²) in [7, 11) is 1.66. The molecule has 96 valence electrons. The number of hydrogen-bond donors (Lipinski definition) is 1. The quantitative estimate of drug-likeness (QED) is 0.901. The molecule has 1 aromatic carbocycles. The number of methoxy groups -OCH3 is 1. The molecule has 4 nitrogen and oxygen atoms in total. The second-order valence-electron chi connectivity index (χ2n) is 5.22. The highest BCUT2D eigenvalue weighted by atomic mass is 16.5. The zero-order valence-corrected chi connectivity index (χ0v) is 10.9. The largest absolute Gasteiger partial charge is 0.497 e. The average Bonchev–Trinajstić information content (AvgIpc) is 3.08. The van der Waals surface area contributed by atoms with Crippen LogP contribution >= 0.6 is 0 Å². The van der Waals surface area contributed by atoms with Gasteiger partial charge in [-0.15, -0.1) is 0 Å². The number of imidazole rings is 1. The van der Waals surface area contributed by atoms with Gasteiger partial charge in [0.1, 0.15) is 5.75 Å².